The first-order valence-corrected chi connectivity index (χ1v) is 5.19. The third-order valence-electron chi connectivity index (χ3n) is 0.563. The number of rotatable bonds is 3. The van der Waals surface area contributed by atoms with Crippen molar-refractivity contribution in [2.75, 3.05) is 26.3 Å². The molecule has 138 valence electrons. The normalized spacial score (nSPS) is 5.75. The van der Waals surface area contributed by atoms with E-state index in [2.05, 4.69) is 4.74 Å². The molecule has 14 heteroatoms. The van der Waals surface area contributed by atoms with Crippen molar-refractivity contribution in [2.45, 2.75) is 20.8 Å². The largest absolute Gasteiger partial charge is 1.00 e. The van der Waals surface area contributed by atoms with Gasteiger partial charge < -0.3 is 46.8 Å². The minimum atomic E-state index is -0.833. The van der Waals surface area contributed by atoms with Gasteiger partial charge in [0.25, 0.3) is 11.9 Å². The smallest absolute Gasteiger partial charge is 1.00 e. The molecule has 0 saturated carbocycles. The zero-order chi connectivity index (χ0) is 16.3. The molecule has 0 atom stereocenters. The Morgan fingerprint density at radius 3 is 1.12 bits per heavy atom. The van der Waals surface area contributed by atoms with Crippen molar-refractivity contribution in [1.82, 2.24) is 0 Å². The van der Waals surface area contributed by atoms with Crippen LogP contribution < -0.4 is 100 Å². The summed E-state index contributed by atoms with van der Waals surface area (Å²) in [7, 11) is 0. The fourth-order valence-electron chi connectivity index (χ4n) is 0.189. The molecule has 0 bridgehead atoms. The van der Waals surface area contributed by atoms with Crippen LogP contribution in [0.1, 0.15) is 25.1 Å². The first-order valence-electron chi connectivity index (χ1n) is 5.19. The maximum absolute atomic E-state index is 9.87. The summed E-state index contributed by atoms with van der Waals surface area (Å²) in [6.45, 7) is 4.67. The topological polar surface area (TPSA) is 236 Å². The van der Waals surface area contributed by atoms with Gasteiger partial charge in [-0.2, -0.15) is 0 Å². The van der Waals surface area contributed by atoms with Crippen LogP contribution in [0.3, 0.4) is 0 Å². The van der Waals surface area contributed by atoms with Gasteiger partial charge in [-0.25, -0.2) is 0 Å². The number of aliphatic hydroxyl groups excluding tert-OH is 1. The van der Waals surface area contributed by atoms with Crippen molar-refractivity contribution in [3.8, 4) is 0 Å². The number of hydrogen-bond acceptors (Lipinski definition) is 7. The second-order valence-electron chi connectivity index (χ2n) is 2.68. The Morgan fingerprint density at radius 2 is 1.08 bits per heavy atom. The molecule has 0 heterocycles. The fraction of sp³-hybridized carbons (Fsp3) is 0.700. The summed E-state index contributed by atoms with van der Waals surface area (Å²) in [4.78, 5) is 27.9. The zero-order valence-electron chi connectivity index (χ0n) is 18.5. The average molecular weight is 392 g/mol. The number of esters is 1. The van der Waals surface area contributed by atoms with E-state index >= 15 is 0 Å². The summed E-state index contributed by atoms with van der Waals surface area (Å²) < 4.78 is 4.30. The Labute approximate surface area is 212 Å². The zero-order valence-corrected chi connectivity index (χ0v) is 21.5. The van der Waals surface area contributed by atoms with E-state index in [0.717, 1.165) is 13.8 Å². The van der Waals surface area contributed by atoms with Crippen molar-refractivity contribution in [3.05, 3.63) is 0 Å². The number of carboxylic acid groups (broad SMARTS) is 2. The minimum absolute atomic E-state index is 0. The molecule has 0 aliphatic rings. The summed E-state index contributed by atoms with van der Waals surface area (Å²) in [6, 6.07) is 0. The maximum atomic E-state index is 9.87. The second kappa shape index (κ2) is 56.4. The monoisotopic (exact) mass is 392 g/mol. The Bertz CT molecular complexity index is 229. The fourth-order valence-corrected chi connectivity index (χ4v) is 0.189. The predicted octanol–water partition coefficient (Wildman–Crippen LogP) is -11.7. The molecule has 0 fully saturated rings. The first-order chi connectivity index (χ1) is 8.65. The second-order valence-corrected chi connectivity index (χ2v) is 2.68. The number of ether oxygens (including phenoxy) is 1. The van der Waals surface area contributed by atoms with E-state index in [1.54, 1.807) is 0 Å². The molecular weight excluding hydrogens is 361 g/mol. The van der Waals surface area contributed by atoms with Gasteiger partial charge in [0.15, 0.2) is 0 Å². The molecule has 24 heavy (non-hydrogen) atoms. The Balaban J connectivity index is -0.0000000104. The van der Waals surface area contributed by atoms with Gasteiger partial charge in [0.2, 0.25) is 0 Å². The molecule has 0 amide bonds. The number of carbonyl (C=O) groups is 3. The Hall–Kier alpha value is 1.21. The Morgan fingerprint density at radius 1 is 0.875 bits per heavy atom. The van der Waals surface area contributed by atoms with Crippen molar-refractivity contribution < 1.29 is 138 Å². The molecular formula is C10H31N2Na3O9. The molecule has 0 aliphatic heterocycles. The summed E-state index contributed by atoms with van der Waals surface area (Å²) >= 11 is 0. The summed E-state index contributed by atoms with van der Waals surface area (Å²) in [5.41, 5.74) is 9.81. The van der Waals surface area contributed by atoms with Gasteiger partial charge in [-0.3, -0.25) is 14.4 Å². The molecule has 0 rings (SSSR count). The third kappa shape index (κ3) is 297. The van der Waals surface area contributed by atoms with Crippen molar-refractivity contribution in [2.24, 2.45) is 11.5 Å². The molecule has 0 spiro atoms. The molecule has 11 nitrogen and oxygen atoms in total. The van der Waals surface area contributed by atoms with Crippen LogP contribution in [-0.4, -0.2) is 70.5 Å². The van der Waals surface area contributed by atoms with Crippen LogP contribution in [0.2, 0.25) is 0 Å². The van der Waals surface area contributed by atoms with Gasteiger partial charge in [-0.05, 0) is 0 Å². The van der Waals surface area contributed by atoms with Gasteiger partial charge in [0.05, 0.1) is 6.61 Å². The van der Waals surface area contributed by atoms with Gasteiger partial charge in [-0.1, -0.05) is 0 Å². The first kappa shape index (κ1) is 56.2. The number of nitrogens with two attached hydrogens (primary N) is 2. The molecule has 0 aromatic rings. The number of hydrogen-bond donors (Lipinski definition) is 5. The molecule has 0 aromatic carbocycles. The van der Waals surface area contributed by atoms with Gasteiger partial charge in [-0.15, -0.1) is 0 Å². The molecule has 0 unspecified atom stereocenters. The van der Waals surface area contributed by atoms with Gasteiger partial charge >= 0.3 is 94.6 Å². The summed E-state index contributed by atoms with van der Waals surface area (Å²) in [5, 5.41) is 22.9. The van der Waals surface area contributed by atoms with Crippen LogP contribution in [-0.2, 0) is 19.1 Å². The van der Waals surface area contributed by atoms with E-state index in [4.69, 9.17) is 36.4 Å². The molecule has 0 radical (unpaired) electrons. The summed E-state index contributed by atoms with van der Waals surface area (Å²) in [6.07, 6.45) is 0. The number of aliphatic carboxylic acids is 2. The van der Waals surface area contributed by atoms with Gasteiger partial charge in [0.1, 0.15) is 6.61 Å². The van der Waals surface area contributed by atoms with E-state index in [1.807, 2.05) is 0 Å². The van der Waals surface area contributed by atoms with Crippen LogP contribution in [0.4, 0.5) is 0 Å². The summed E-state index contributed by atoms with van der Waals surface area (Å²) in [5.74, 6) is -2.02. The average Bonchev–Trinajstić information content (AvgIpc) is 2.25. The molecule has 0 saturated heterocycles. The molecule has 11 N–H and O–H groups in total. The Kier molecular flexibility index (Phi) is 132. The van der Waals surface area contributed by atoms with E-state index in [9.17, 15) is 4.79 Å². The van der Waals surface area contributed by atoms with Crippen LogP contribution in [0, 0.1) is 0 Å². The minimum Gasteiger partial charge on any atom is -1.00 e. The van der Waals surface area contributed by atoms with Crippen LogP contribution in [0.5, 0.6) is 0 Å². The van der Waals surface area contributed by atoms with E-state index in [-0.39, 0.29) is 123 Å². The van der Waals surface area contributed by atoms with Crippen molar-refractivity contribution in [1.29, 1.82) is 0 Å². The van der Waals surface area contributed by atoms with Gasteiger partial charge in [0, 0.05) is 33.9 Å². The van der Waals surface area contributed by atoms with E-state index in [1.165, 1.54) is 6.92 Å². The van der Waals surface area contributed by atoms with Crippen molar-refractivity contribution >= 4 is 17.9 Å². The standard InChI is InChI=1S/C4H8O3.C2H8N2.2C2H4O2.3Na.2H2O.3H/c1-4(6)7-3-2-5;3-1-2-4;2*1-2(3)4;;;;;;;;/h5H,2-3H2,1H3;1-4H2;2*1H3,(H,3,4);;;;2*1H2;;;/q;;;;3*+1;;;3*-1. The van der Waals surface area contributed by atoms with Crippen molar-refractivity contribution in [3.63, 3.8) is 0 Å². The maximum Gasteiger partial charge on any atom is 1.00 e. The number of carbonyl (C=O) groups excluding carboxylic acids is 1. The molecule has 0 aromatic heterocycles. The molecule has 0 aliphatic carbocycles. The van der Waals surface area contributed by atoms with Crippen LogP contribution >= 0.6 is 0 Å². The van der Waals surface area contributed by atoms with Crippen LogP contribution in [0.15, 0.2) is 0 Å². The quantitative estimate of drug-likeness (QED) is 0.226. The predicted molar refractivity (Wildman–Crippen MR) is 79.0 cm³/mol. The number of aliphatic hydroxyl groups is 1. The number of carboxylic acids is 2. The van der Waals surface area contributed by atoms with E-state index in [0.29, 0.717) is 13.1 Å². The third-order valence-corrected chi connectivity index (χ3v) is 0.563. The SMILES string of the molecule is CC(=O)O.CC(=O)O.CC(=O)OCCO.NCCN.O.O.[H-].[H-].[H-].[Na+].[Na+].[Na+]. The van der Waals surface area contributed by atoms with E-state index < -0.39 is 11.9 Å². The van der Waals surface area contributed by atoms with Crippen LogP contribution in [0.25, 0.3) is 0 Å².